The molecule has 0 saturated carbocycles. The molecular formula is C29H18O2. The van der Waals surface area contributed by atoms with Crippen LogP contribution < -0.4 is 0 Å². The summed E-state index contributed by atoms with van der Waals surface area (Å²) in [7, 11) is 0. The van der Waals surface area contributed by atoms with Crippen LogP contribution in [0.2, 0.25) is 0 Å². The maximum atomic E-state index is 13.9. The van der Waals surface area contributed by atoms with Gasteiger partial charge in [0.1, 0.15) is 5.58 Å². The van der Waals surface area contributed by atoms with Gasteiger partial charge in [0.15, 0.2) is 5.76 Å². The van der Waals surface area contributed by atoms with Crippen molar-refractivity contribution in [2.75, 3.05) is 0 Å². The molecule has 0 saturated heterocycles. The molecule has 2 heteroatoms. The van der Waals surface area contributed by atoms with Gasteiger partial charge in [-0.15, -0.1) is 0 Å². The summed E-state index contributed by atoms with van der Waals surface area (Å²) in [5.74, 6) is 0.282. The van der Waals surface area contributed by atoms with Gasteiger partial charge in [0.25, 0.3) is 0 Å². The molecule has 6 aromatic rings. The summed E-state index contributed by atoms with van der Waals surface area (Å²) in [4.78, 5) is 13.9. The third-order valence-electron chi connectivity index (χ3n) is 5.88. The van der Waals surface area contributed by atoms with E-state index in [1.165, 1.54) is 0 Å². The number of rotatable bonds is 3. The highest BCUT2D eigenvalue weighted by Gasteiger charge is 2.25. The van der Waals surface area contributed by atoms with E-state index in [9.17, 15) is 4.79 Å². The first-order chi connectivity index (χ1) is 15.3. The van der Waals surface area contributed by atoms with Crippen LogP contribution in [0.5, 0.6) is 0 Å². The number of benzene rings is 5. The second-order valence-electron chi connectivity index (χ2n) is 7.69. The fraction of sp³-hybridized carbons (Fsp3) is 0. The molecule has 0 fully saturated rings. The predicted octanol–water partition coefficient (Wildman–Crippen LogP) is 7.64. The van der Waals surface area contributed by atoms with Crippen molar-refractivity contribution in [2.45, 2.75) is 0 Å². The summed E-state index contributed by atoms with van der Waals surface area (Å²) in [5, 5.41) is 5.15. The summed E-state index contributed by atoms with van der Waals surface area (Å²) < 4.78 is 6.28. The Labute approximate surface area is 179 Å². The van der Waals surface area contributed by atoms with Gasteiger partial charge in [0, 0.05) is 16.5 Å². The molecule has 0 bridgehead atoms. The van der Waals surface area contributed by atoms with Crippen molar-refractivity contribution in [3.8, 4) is 11.1 Å². The highest BCUT2D eigenvalue weighted by atomic mass is 16.3. The van der Waals surface area contributed by atoms with Crippen LogP contribution in [-0.4, -0.2) is 5.78 Å². The number of fused-ring (bicyclic) bond motifs is 4. The highest BCUT2D eigenvalue weighted by molar-refractivity contribution is 6.23. The van der Waals surface area contributed by atoms with E-state index in [2.05, 4.69) is 12.1 Å². The molecule has 0 aliphatic rings. The third-order valence-corrected chi connectivity index (χ3v) is 5.88. The Morgan fingerprint density at radius 1 is 0.581 bits per heavy atom. The Balaban J connectivity index is 1.70. The normalized spacial score (nSPS) is 11.4. The molecule has 31 heavy (non-hydrogen) atoms. The fourth-order valence-electron chi connectivity index (χ4n) is 4.45. The largest absolute Gasteiger partial charge is 0.452 e. The first kappa shape index (κ1) is 17.7. The van der Waals surface area contributed by atoms with E-state index in [-0.39, 0.29) is 5.78 Å². The van der Waals surface area contributed by atoms with Gasteiger partial charge in [-0.2, -0.15) is 0 Å². The second kappa shape index (κ2) is 6.96. The summed E-state index contributed by atoms with van der Waals surface area (Å²) >= 11 is 0. The lowest BCUT2D eigenvalue weighted by atomic mass is 9.93. The summed E-state index contributed by atoms with van der Waals surface area (Å²) in [5.41, 5.74) is 3.20. The smallest absolute Gasteiger partial charge is 0.229 e. The maximum absolute atomic E-state index is 13.9. The minimum atomic E-state index is -0.101. The minimum absolute atomic E-state index is 0.101. The molecule has 146 valence electrons. The van der Waals surface area contributed by atoms with E-state index < -0.39 is 0 Å². The molecular weight excluding hydrogens is 380 g/mol. The van der Waals surface area contributed by atoms with Crippen molar-refractivity contribution < 1.29 is 9.21 Å². The van der Waals surface area contributed by atoms with Crippen LogP contribution in [0.3, 0.4) is 0 Å². The van der Waals surface area contributed by atoms with E-state index in [1.54, 1.807) is 0 Å². The van der Waals surface area contributed by atoms with Crippen LogP contribution in [0.1, 0.15) is 16.1 Å². The van der Waals surface area contributed by atoms with Gasteiger partial charge >= 0.3 is 0 Å². The Morgan fingerprint density at radius 3 is 2.03 bits per heavy atom. The topological polar surface area (TPSA) is 30.2 Å². The van der Waals surface area contributed by atoms with Crippen molar-refractivity contribution in [1.82, 2.24) is 0 Å². The van der Waals surface area contributed by atoms with Gasteiger partial charge in [-0.3, -0.25) is 4.79 Å². The van der Waals surface area contributed by atoms with E-state index in [1.807, 2.05) is 97.1 Å². The van der Waals surface area contributed by atoms with Gasteiger partial charge in [-0.25, -0.2) is 0 Å². The summed E-state index contributed by atoms with van der Waals surface area (Å²) in [6.45, 7) is 0. The Kier molecular flexibility index (Phi) is 3.97. The number of carbonyl (C=O) groups excluding carboxylic acids is 1. The van der Waals surface area contributed by atoms with Crippen LogP contribution in [0, 0.1) is 0 Å². The van der Waals surface area contributed by atoms with Crippen LogP contribution in [0.4, 0.5) is 0 Å². The van der Waals surface area contributed by atoms with Crippen molar-refractivity contribution in [1.29, 1.82) is 0 Å². The van der Waals surface area contributed by atoms with Crippen molar-refractivity contribution in [3.63, 3.8) is 0 Å². The zero-order valence-corrected chi connectivity index (χ0v) is 16.7. The van der Waals surface area contributed by atoms with E-state index in [4.69, 9.17) is 4.42 Å². The molecule has 6 rings (SSSR count). The zero-order valence-electron chi connectivity index (χ0n) is 16.7. The Bertz CT molecular complexity index is 1580. The molecule has 5 aromatic carbocycles. The van der Waals surface area contributed by atoms with Gasteiger partial charge in [-0.1, -0.05) is 103 Å². The highest BCUT2D eigenvalue weighted by Crippen LogP contribution is 2.40. The summed E-state index contributed by atoms with van der Waals surface area (Å²) in [6, 6.07) is 36.1. The van der Waals surface area contributed by atoms with E-state index >= 15 is 0 Å². The number of hydrogen-bond acceptors (Lipinski definition) is 2. The molecule has 0 amide bonds. The van der Waals surface area contributed by atoms with Gasteiger partial charge in [-0.05, 0) is 33.2 Å². The van der Waals surface area contributed by atoms with Gasteiger partial charge in [0.05, 0.1) is 0 Å². The number of hydrogen-bond donors (Lipinski definition) is 0. The first-order valence-corrected chi connectivity index (χ1v) is 10.3. The number of furan rings is 1. The second-order valence-corrected chi connectivity index (χ2v) is 7.69. The van der Waals surface area contributed by atoms with Crippen LogP contribution in [-0.2, 0) is 0 Å². The molecule has 2 nitrogen and oxygen atoms in total. The molecule has 1 aromatic heterocycles. The average Bonchev–Trinajstić information content (AvgIpc) is 3.24. The predicted molar refractivity (Wildman–Crippen MR) is 127 cm³/mol. The molecule has 0 unspecified atom stereocenters. The Morgan fingerprint density at radius 2 is 1.23 bits per heavy atom. The SMILES string of the molecule is O=C(c1oc2ccc3ccccc3c2c1-c1ccccc1)c1cccc2ccccc12. The molecule has 0 aliphatic heterocycles. The first-order valence-electron chi connectivity index (χ1n) is 10.3. The molecule has 0 atom stereocenters. The monoisotopic (exact) mass is 398 g/mol. The van der Waals surface area contributed by atoms with Crippen LogP contribution >= 0.6 is 0 Å². The van der Waals surface area contributed by atoms with Crippen molar-refractivity contribution in [2.24, 2.45) is 0 Å². The van der Waals surface area contributed by atoms with Crippen LogP contribution in [0.15, 0.2) is 114 Å². The standard InChI is InChI=1S/C29H18O2/c30-28(24-16-8-13-19-9-4-6-14-22(19)24)29-26(21-11-2-1-3-12-21)27-23-15-7-5-10-20(23)17-18-25(27)31-29/h1-18H. The fourth-order valence-corrected chi connectivity index (χ4v) is 4.45. The molecule has 0 spiro atoms. The number of ketones is 1. The van der Waals surface area contributed by atoms with Crippen molar-refractivity contribution in [3.05, 3.63) is 121 Å². The minimum Gasteiger partial charge on any atom is -0.452 e. The third kappa shape index (κ3) is 2.77. The zero-order chi connectivity index (χ0) is 20.8. The summed E-state index contributed by atoms with van der Waals surface area (Å²) in [6.07, 6.45) is 0. The lowest BCUT2D eigenvalue weighted by Gasteiger charge is -2.07. The molecule has 0 N–H and O–H groups in total. The van der Waals surface area contributed by atoms with Gasteiger partial charge in [0.2, 0.25) is 5.78 Å². The maximum Gasteiger partial charge on any atom is 0.229 e. The van der Waals surface area contributed by atoms with Crippen LogP contribution in [0.25, 0.3) is 43.6 Å². The lowest BCUT2D eigenvalue weighted by Crippen LogP contribution is -2.02. The quantitative estimate of drug-likeness (QED) is 0.287. The molecule has 1 heterocycles. The van der Waals surface area contributed by atoms with E-state index in [0.717, 1.165) is 43.6 Å². The molecule has 0 aliphatic carbocycles. The Hall–Kier alpha value is -4.17. The van der Waals surface area contributed by atoms with E-state index in [0.29, 0.717) is 11.3 Å². The number of carbonyl (C=O) groups is 1. The molecule has 0 radical (unpaired) electrons. The average molecular weight is 398 g/mol. The lowest BCUT2D eigenvalue weighted by molar-refractivity contribution is 0.101. The van der Waals surface area contributed by atoms with Gasteiger partial charge < -0.3 is 4.42 Å². The van der Waals surface area contributed by atoms with Crippen molar-refractivity contribution >= 4 is 38.3 Å².